The maximum absolute atomic E-state index is 13.4. The van der Waals surface area contributed by atoms with Crippen LogP contribution in [0.2, 0.25) is 0 Å². The van der Waals surface area contributed by atoms with Crippen molar-refractivity contribution in [3.05, 3.63) is 82.7 Å². The first-order valence-corrected chi connectivity index (χ1v) is 13.6. The molecule has 1 aromatic heterocycles. The first-order chi connectivity index (χ1) is 18.5. The highest BCUT2D eigenvalue weighted by molar-refractivity contribution is 6.01. The largest absolute Gasteiger partial charge is 0.664 e. The van der Waals surface area contributed by atoms with E-state index in [9.17, 15) is 19.8 Å². The van der Waals surface area contributed by atoms with Gasteiger partial charge in [-0.2, -0.15) is 6.20 Å². The Hall–Kier alpha value is -3.80. The second kappa shape index (κ2) is 11.7. The summed E-state index contributed by atoms with van der Waals surface area (Å²) >= 11 is 0. The number of aryl methyl sites for hydroxylation is 2. The fraction of sp³-hybridized carbons (Fsp3) is 0.375. The summed E-state index contributed by atoms with van der Waals surface area (Å²) in [4.78, 5) is 30.7. The van der Waals surface area contributed by atoms with Gasteiger partial charge < -0.3 is 19.9 Å². The minimum absolute atomic E-state index is 0.0169. The van der Waals surface area contributed by atoms with Crippen molar-refractivity contribution < 1.29 is 24.5 Å². The quantitative estimate of drug-likeness (QED) is 0.253. The number of Topliss-reactive ketones (excluding diaryl/α,β-unsaturated/α-hetero) is 2. The Kier molecular flexibility index (Phi) is 7.97. The molecule has 0 saturated heterocycles. The summed E-state index contributed by atoms with van der Waals surface area (Å²) in [7, 11) is 0. The van der Waals surface area contributed by atoms with Crippen molar-refractivity contribution in [1.29, 1.82) is 0 Å². The average Bonchev–Trinajstić information content (AvgIpc) is 3.40. The van der Waals surface area contributed by atoms with Gasteiger partial charge in [-0.25, -0.2) is 0 Å². The molecule has 2 aliphatic rings. The summed E-state index contributed by atoms with van der Waals surface area (Å²) in [6.45, 7) is 0.587. The Bertz CT molecular complexity index is 1340. The Labute approximate surface area is 223 Å². The minimum Gasteiger partial charge on any atom is -0.664 e. The number of nitrogens with zero attached hydrogens (tertiary/aromatic N) is 1. The molecular formula is C32H34NO5-. The van der Waals surface area contributed by atoms with Crippen LogP contribution < -0.4 is 9.72 Å². The van der Waals surface area contributed by atoms with Crippen LogP contribution in [0.25, 0.3) is 6.08 Å². The fourth-order valence-corrected chi connectivity index (χ4v) is 5.83. The fourth-order valence-electron chi connectivity index (χ4n) is 5.83. The molecule has 3 aromatic rings. The third-order valence-electron chi connectivity index (χ3n) is 7.77. The molecular weight excluding hydrogens is 478 g/mol. The number of phenols is 2. The number of aromatic hydroxyl groups is 2. The smallest absolute Gasteiger partial charge is 0.164 e. The van der Waals surface area contributed by atoms with Crippen LogP contribution >= 0.6 is 0 Å². The predicted octanol–water partition coefficient (Wildman–Crippen LogP) is 5.68. The lowest BCUT2D eigenvalue weighted by Gasteiger charge is -2.30. The zero-order chi connectivity index (χ0) is 26.5. The molecule has 6 heteroatoms. The van der Waals surface area contributed by atoms with E-state index in [2.05, 4.69) is 4.98 Å². The lowest BCUT2D eigenvalue weighted by Crippen LogP contribution is -2.25. The van der Waals surface area contributed by atoms with Gasteiger partial charge in [0, 0.05) is 17.9 Å². The van der Waals surface area contributed by atoms with E-state index in [0.29, 0.717) is 18.8 Å². The van der Waals surface area contributed by atoms with Crippen LogP contribution in [0.15, 0.2) is 54.7 Å². The van der Waals surface area contributed by atoms with E-state index in [0.717, 1.165) is 66.5 Å². The standard InChI is InChI=1S/C32H34NO5/c34-23-7-3-6-21(19-23)5-1-2-8-26-27-16-17-33-29(27)14-13-28(26)31(37)20-24(35)12-10-22-11-15-30(36)32-25(22)9-4-18-38-32/h3,6-7,11,13-17,19,26,28,34,36H,1-2,4-5,8-10,12,18,20H2/q-1/t26-,28-/m1/s1. The highest BCUT2D eigenvalue weighted by atomic mass is 16.5. The number of allylic oxidation sites excluding steroid dienone is 1. The first kappa shape index (κ1) is 25.8. The molecule has 0 spiro atoms. The molecule has 2 N–H and O–H groups in total. The van der Waals surface area contributed by atoms with Gasteiger partial charge in [0.15, 0.2) is 11.5 Å². The molecule has 2 atom stereocenters. The summed E-state index contributed by atoms with van der Waals surface area (Å²) < 4.78 is 5.64. The highest BCUT2D eigenvalue weighted by Gasteiger charge is 2.30. The van der Waals surface area contributed by atoms with Crippen molar-refractivity contribution in [2.45, 2.75) is 63.7 Å². The Morgan fingerprint density at radius 2 is 1.95 bits per heavy atom. The van der Waals surface area contributed by atoms with Crippen molar-refractivity contribution in [2.75, 3.05) is 6.61 Å². The van der Waals surface area contributed by atoms with Gasteiger partial charge in [-0.3, -0.25) is 9.59 Å². The zero-order valence-corrected chi connectivity index (χ0v) is 21.6. The Balaban J connectivity index is 1.18. The number of ether oxygens (including phenoxy) is 1. The van der Waals surface area contributed by atoms with Crippen LogP contribution in [0.5, 0.6) is 17.2 Å². The normalized spacial score (nSPS) is 17.9. The number of aromatic nitrogens is 1. The van der Waals surface area contributed by atoms with Crippen molar-refractivity contribution in [2.24, 2.45) is 5.92 Å². The van der Waals surface area contributed by atoms with Crippen LogP contribution in [0.3, 0.4) is 0 Å². The van der Waals surface area contributed by atoms with E-state index in [-0.39, 0.29) is 47.7 Å². The molecule has 1 aliphatic carbocycles. The van der Waals surface area contributed by atoms with Crippen molar-refractivity contribution >= 4 is 17.6 Å². The molecule has 38 heavy (non-hydrogen) atoms. The molecule has 1 aliphatic heterocycles. The number of hydrogen-bond acceptors (Lipinski definition) is 5. The molecule has 0 saturated carbocycles. The minimum atomic E-state index is -0.328. The maximum atomic E-state index is 13.4. The van der Waals surface area contributed by atoms with Gasteiger partial charge in [-0.15, -0.1) is 5.69 Å². The number of carbonyl (C=O) groups is 2. The Morgan fingerprint density at radius 3 is 2.82 bits per heavy atom. The van der Waals surface area contributed by atoms with E-state index >= 15 is 0 Å². The van der Waals surface area contributed by atoms with Gasteiger partial charge in [-0.05, 0) is 73.8 Å². The average molecular weight is 513 g/mol. The molecule has 6 nitrogen and oxygen atoms in total. The number of rotatable bonds is 11. The zero-order valence-electron chi connectivity index (χ0n) is 21.6. The summed E-state index contributed by atoms with van der Waals surface area (Å²) in [5.74, 6) is 0.554. The van der Waals surface area contributed by atoms with Crippen molar-refractivity contribution in [1.82, 2.24) is 4.98 Å². The van der Waals surface area contributed by atoms with E-state index in [4.69, 9.17) is 4.74 Å². The lowest BCUT2D eigenvalue weighted by molar-refractivity contribution is -0.128. The van der Waals surface area contributed by atoms with Crippen LogP contribution in [0, 0.1) is 5.92 Å². The monoisotopic (exact) mass is 512 g/mol. The number of benzene rings is 2. The molecule has 2 heterocycles. The number of fused-ring (bicyclic) bond motifs is 2. The maximum Gasteiger partial charge on any atom is 0.164 e. The number of carbonyl (C=O) groups excluding carboxylic acids is 2. The third kappa shape index (κ3) is 5.85. The number of unbranched alkanes of at least 4 members (excludes halogenated alkanes) is 1. The Morgan fingerprint density at radius 1 is 1.05 bits per heavy atom. The van der Waals surface area contributed by atoms with Crippen LogP contribution in [0.4, 0.5) is 0 Å². The number of ketones is 2. The molecule has 5 rings (SSSR count). The summed E-state index contributed by atoms with van der Waals surface area (Å²) in [6, 6.07) is 12.8. The number of phenolic OH excluding ortho intramolecular Hbond substituents is 2. The lowest BCUT2D eigenvalue weighted by atomic mass is 9.75. The van der Waals surface area contributed by atoms with Crippen LogP contribution in [-0.4, -0.2) is 28.4 Å². The van der Waals surface area contributed by atoms with Crippen LogP contribution in [-0.2, 0) is 28.9 Å². The SMILES string of the molecule is O=C(CCc1ccc(O)c2c1CCCO2)CC(=O)[C@@H]1C=Cc2[n-]ccc2[C@H]1CCCCc1cccc(O)c1. The molecule has 0 fully saturated rings. The summed E-state index contributed by atoms with van der Waals surface area (Å²) in [5.41, 5.74) is 5.09. The topological polar surface area (TPSA) is 97.9 Å². The number of hydrogen-bond donors (Lipinski definition) is 2. The molecule has 2 aromatic carbocycles. The van der Waals surface area contributed by atoms with Gasteiger partial charge in [0.1, 0.15) is 17.3 Å². The molecule has 198 valence electrons. The van der Waals surface area contributed by atoms with E-state index < -0.39 is 0 Å². The second-order valence-corrected chi connectivity index (χ2v) is 10.4. The third-order valence-corrected chi connectivity index (χ3v) is 7.77. The van der Waals surface area contributed by atoms with Gasteiger partial charge in [0.2, 0.25) is 0 Å². The predicted molar refractivity (Wildman–Crippen MR) is 146 cm³/mol. The van der Waals surface area contributed by atoms with Gasteiger partial charge in [0.25, 0.3) is 0 Å². The second-order valence-electron chi connectivity index (χ2n) is 10.4. The van der Waals surface area contributed by atoms with Crippen molar-refractivity contribution in [3.8, 4) is 17.2 Å². The van der Waals surface area contributed by atoms with E-state index in [1.807, 2.05) is 36.4 Å². The van der Waals surface area contributed by atoms with Crippen LogP contribution in [0.1, 0.15) is 72.4 Å². The molecule has 0 unspecified atom stereocenters. The van der Waals surface area contributed by atoms with E-state index in [1.54, 1.807) is 24.4 Å². The van der Waals surface area contributed by atoms with Gasteiger partial charge in [-0.1, -0.05) is 48.4 Å². The summed E-state index contributed by atoms with van der Waals surface area (Å²) in [6.07, 6.45) is 11.7. The highest BCUT2D eigenvalue weighted by Crippen LogP contribution is 2.39. The molecule has 0 amide bonds. The van der Waals surface area contributed by atoms with Crippen molar-refractivity contribution in [3.63, 3.8) is 0 Å². The molecule has 0 bridgehead atoms. The first-order valence-electron chi connectivity index (χ1n) is 13.6. The van der Waals surface area contributed by atoms with E-state index in [1.165, 1.54) is 0 Å². The van der Waals surface area contributed by atoms with Gasteiger partial charge in [0.05, 0.1) is 13.0 Å². The van der Waals surface area contributed by atoms with Gasteiger partial charge >= 0.3 is 0 Å². The molecule has 0 radical (unpaired) electrons. The summed E-state index contributed by atoms with van der Waals surface area (Å²) in [5, 5.41) is 19.8.